The van der Waals surface area contributed by atoms with Crippen LogP contribution in [0, 0.1) is 11.1 Å². The zero-order valence-electron chi connectivity index (χ0n) is 24.8. The number of ether oxygens (including phenoxy) is 2. The molecule has 0 radical (unpaired) electrons. The maximum absolute atomic E-state index is 13.9. The highest BCUT2D eigenvalue weighted by atomic mass is 16.8. The van der Waals surface area contributed by atoms with Crippen molar-refractivity contribution in [1.29, 1.82) is 0 Å². The number of carbonyl (C=O) groups excluding carboxylic acids is 3. The number of likely N-dealkylation sites (tertiary alicyclic amines) is 1. The van der Waals surface area contributed by atoms with Crippen LogP contribution in [-0.2, 0) is 11.3 Å². The lowest BCUT2D eigenvalue weighted by Crippen LogP contribution is -2.50. The van der Waals surface area contributed by atoms with Crippen LogP contribution in [0.4, 0.5) is 11.4 Å². The van der Waals surface area contributed by atoms with Crippen LogP contribution in [0.1, 0.15) is 63.3 Å². The minimum absolute atomic E-state index is 0.0358. The van der Waals surface area contributed by atoms with E-state index >= 15 is 0 Å². The molecular weight excluding hydrogens is 582 g/mol. The van der Waals surface area contributed by atoms with Crippen molar-refractivity contribution in [3.05, 3.63) is 86.5 Å². The number of hydrogen-bond donors (Lipinski definition) is 1. The van der Waals surface area contributed by atoms with Gasteiger partial charge in [0.05, 0.1) is 31.0 Å². The molecule has 7 rings (SSSR count). The van der Waals surface area contributed by atoms with Crippen molar-refractivity contribution >= 4 is 29.1 Å². The number of aromatic nitrogens is 1. The van der Waals surface area contributed by atoms with Gasteiger partial charge in [0.15, 0.2) is 11.5 Å². The first kappa shape index (κ1) is 28.9. The molecule has 3 amide bonds. The highest BCUT2D eigenvalue weighted by molar-refractivity contribution is 6.18. The Morgan fingerprint density at radius 3 is 2.56 bits per heavy atom. The van der Waals surface area contributed by atoms with Crippen LogP contribution in [0.5, 0.6) is 11.5 Å². The molecule has 0 spiro atoms. The highest BCUT2D eigenvalue weighted by Crippen LogP contribution is 2.49. The van der Waals surface area contributed by atoms with Gasteiger partial charge in [0.1, 0.15) is 11.9 Å². The van der Waals surface area contributed by atoms with Crippen LogP contribution < -0.4 is 25.2 Å². The van der Waals surface area contributed by atoms with E-state index in [0.717, 1.165) is 12.1 Å². The van der Waals surface area contributed by atoms with E-state index in [2.05, 4.69) is 0 Å². The van der Waals surface area contributed by atoms with Gasteiger partial charge in [-0.2, -0.15) is 0 Å². The summed E-state index contributed by atoms with van der Waals surface area (Å²) in [6, 6.07) is 13.5. The van der Waals surface area contributed by atoms with Gasteiger partial charge in [-0.15, -0.1) is 0 Å². The van der Waals surface area contributed by atoms with E-state index in [1.54, 1.807) is 52.3 Å². The number of carbonyl (C=O) groups is 3. The SMILES string of the molecule is COc1ccc2c(c1OC)C(=O)N1c3ccccc3C(=O)N(CCCC(=O)N3C[C@H]4C[C@@H](C3)c3ccc(N([O-])O)c(=O)n3C4)C21. The topological polar surface area (TPSA) is 148 Å². The lowest BCUT2D eigenvalue weighted by Gasteiger charge is -2.43. The van der Waals surface area contributed by atoms with Crippen molar-refractivity contribution in [2.45, 2.75) is 37.9 Å². The second kappa shape index (κ2) is 10.9. The van der Waals surface area contributed by atoms with Crippen LogP contribution in [0.2, 0.25) is 0 Å². The maximum atomic E-state index is 13.9. The van der Waals surface area contributed by atoms with E-state index in [0.29, 0.717) is 59.9 Å². The Kier molecular flexibility index (Phi) is 7.01. The van der Waals surface area contributed by atoms with Crippen LogP contribution in [-0.4, -0.2) is 71.1 Å². The molecule has 3 aromatic rings. The van der Waals surface area contributed by atoms with Crippen LogP contribution >= 0.6 is 0 Å². The average molecular weight is 615 g/mol. The molecular formula is C32H32N5O8-. The number of rotatable bonds is 7. The molecule has 1 fully saturated rings. The first-order valence-electron chi connectivity index (χ1n) is 14.9. The molecule has 1 N–H and O–H groups in total. The zero-order valence-corrected chi connectivity index (χ0v) is 24.8. The maximum Gasteiger partial charge on any atom is 0.275 e. The van der Waals surface area contributed by atoms with Gasteiger partial charge in [-0.3, -0.25) is 29.3 Å². The molecule has 1 saturated heterocycles. The number of benzene rings is 2. The monoisotopic (exact) mass is 614 g/mol. The smallest absolute Gasteiger partial charge is 0.275 e. The molecule has 234 valence electrons. The number of pyridine rings is 1. The lowest BCUT2D eigenvalue weighted by molar-refractivity contribution is -0.134. The predicted octanol–water partition coefficient (Wildman–Crippen LogP) is 3.10. The second-order valence-electron chi connectivity index (χ2n) is 11.9. The summed E-state index contributed by atoms with van der Waals surface area (Å²) in [7, 11) is 2.98. The van der Waals surface area contributed by atoms with E-state index < -0.39 is 17.0 Å². The fourth-order valence-corrected chi connectivity index (χ4v) is 7.49. The summed E-state index contributed by atoms with van der Waals surface area (Å²) in [5.41, 5.74) is 1.79. The molecule has 1 unspecified atom stereocenters. The van der Waals surface area contributed by atoms with Crippen molar-refractivity contribution in [2.24, 2.45) is 5.92 Å². The molecule has 0 aliphatic carbocycles. The largest absolute Gasteiger partial charge is 0.733 e. The van der Waals surface area contributed by atoms with Crippen molar-refractivity contribution in [2.75, 3.05) is 44.0 Å². The number of methoxy groups -OCH3 is 2. The van der Waals surface area contributed by atoms with Crippen LogP contribution in [0.15, 0.2) is 53.3 Å². The summed E-state index contributed by atoms with van der Waals surface area (Å²) in [4.78, 5) is 59.0. The minimum Gasteiger partial charge on any atom is -0.733 e. The number of amides is 3. The molecule has 3 atom stereocenters. The summed E-state index contributed by atoms with van der Waals surface area (Å²) in [5, 5.41) is 20.3. The van der Waals surface area contributed by atoms with Crippen molar-refractivity contribution in [3.8, 4) is 11.5 Å². The third-order valence-corrected chi connectivity index (χ3v) is 9.42. The molecule has 13 heteroatoms. The summed E-state index contributed by atoms with van der Waals surface area (Å²) >= 11 is 0. The lowest BCUT2D eigenvalue weighted by atomic mass is 9.83. The number of fused-ring (bicyclic) bond motifs is 9. The summed E-state index contributed by atoms with van der Waals surface area (Å²) in [6.45, 7) is 1.51. The highest BCUT2D eigenvalue weighted by Gasteiger charge is 2.49. The number of para-hydroxylation sites is 1. The zero-order chi connectivity index (χ0) is 31.6. The standard InChI is InChI=1S/C32H32N5O8/c1-44-25-12-9-21-27(28(25)45-2)32(41)36-23-7-4-3-6-20(23)30(39)34(29(21)36)13-5-8-26(38)33-15-18-14-19(17-33)22-10-11-24(37(42)43)31(40)35(22)16-18/h3-4,6-7,9-12,18-19,29,42H,5,8,13-17H2,1-2H3/q-1/t18-,19+,29?/m1/s1. The Hall–Kier alpha value is -4.88. The minimum atomic E-state index is -0.692. The summed E-state index contributed by atoms with van der Waals surface area (Å²) in [6.07, 6.45) is 0.715. The molecule has 2 bridgehead atoms. The van der Waals surface area contributed by atoms with Gasteiger partial charge < -0.3 is 34.3 Å². The Labute approximate surface area is 258 Å². The second-order valence-corrected chi connectivity index (χ2v) is 11.9. The van der Waals surface area contributed by atoms with Gasteiger partial charge >= 0.3 is 0 Å². The van der Waals surface area contributed by atoms with Gasteiger partial charge in [0, 0.05) is 49.8 Å². The molecule has 4 aliphatic heterocycles. The fraction of sp³-hybridized carbons (Fsp3) is 0.375. The first-order valence-corrected chi connectivity index (χ1v) is 14.9. The number of hydrogen-bond acceptors (Lipinski definition) is 9. The van der Waals surface area contributed by atoms with E-state index in [9.17, 15) is 29.6 Å². The molecule has 2 aromatic carbocycles. The van der Waals surface area contributed by atoms with Gasteiger partial charge in [-0.1, -0.05) is 18.2 Å². The van der Waals surface area contributed by atoms with E-state index in [4.69, 9.17) is 9.47 Å². The van der Waals surface area contributed by atoms with Crippen molar-refractivity contribution < 1.29 is 29.1 Å². The van der Waals surface area contributed by atoms with Crippen LogP contribution in [0.3, 0.4) is 0 Å². The number of anilines is 2. The van der Waals surface area contributed by atoms with Crippen molar-refractivity contribution in [3.63, 3.8) is 0 Å². The molecule has 4 aliphatic rings. The van der Waals surface area contributed by atoms with Gasteiger partial charge in [-0.05, 0) is 49.1 Å². The average Bonchev–Trinajstić information content (AvgIpc) is 3.34. The third kappa shape index (κ3) is 4.45. The molecule has 5 heterocycles. The Morgan fingerprint density at radius 1 is 1.00 bits per heavy atom. The van der Waals surface area contributed by atoms with E-state index in [1.165, 1.54) is 24.9 Å². The third-order valence-electron chi connectivity index (χ3n) is 9.42. The quantitative estimate of drug-likeness (QED) is 0.397. The normalized spacial score (nSPS) is 21.2. The Bertz CT molecular complexity index is 1790. The van der Waals surface area contributed by atoms with Crippen LogP contribution in [0.25, 0.3) is 0 Å². The predicted molar refractivity (Wildman–Crippen MR) is 162 cm³/mol. The van der Waals surface area contributed by atoms with Gasteiger partial charge in [0.2, 0.25) is 5.91 Å². The Morgan fingerprint density at radius 2 is 1.80 bits per heavy atom. The number of piperidine rings is 1. The molecule has 45 heavy (non-hydrogen) atoms. The summed E-state index contributed by atoms with van der Waals surface area (Å²) in [5.74, 6) is 0.142. The molecule has 0 saturated carbocycles. The summed E-state index contributed by atoms with van der Waals surface area (Å²) < 4.78 is 12.6. The van der Waals surface area contributed by atoms with Gasteiger partial charge in [-0.25, -0.2) is 0 Å². The first-order chi connectivity index (χ1) is 21.7. The number of nitrogens with zero attached hydrogens (tertiary/aromatic N) is 5. The van der Waals surface area contributed by atoms with E-state index in [1.807, 2.05) is 4.90 Å². The van der Waals surface area contributed by atoms with Crippen molar-refractivity contribution in [1.82, 2.24) is 14.4 Å². The van der Waals surface area contributed by atoms with E-state index in [-0.39, 0.29) is 48.2 Å². The van der Waals surface area contributed by atoms with Gasteiger partial charge in [0.25, 0.3) is 17.4 Å². The molecule has 13 nitrogen and oxygen atoms in total. The molecule has 1 aromatic heterocycles. The fourth-order valence-electron chi connectivity index (χ4n) is 7.49. The Balaban J connectivity index is 1.10.